The van der Waals surface area contributed by atoms with Gasteiger partial charge >= 0.3 is 6.09 Å². The van der Waals surface area contributed by atoms with Crippen LogP contribution in [0.1, 0.15) is 23.6 Å². The van der Waals surface area contributed by atoms with Crippen LogP contribution in [0.15, 0.2) is 24.3 Å². The molecule has 0 spiro atoms. The molecule has 0 bridgehead atoms. The van der Waals surface area contributed by atoms with Gasteiger partial charge in [0.1, 0.15) is 6.04 Å². The quantitative estimate of drug-likeness (QED) is 0.753. The first-order valence-electron chi connectivity index (χ1n) is 5.54. The van der Waals surface area contributed by atoms with E-state index in [4.69, 9.17) is 5.26 Å². The molecule has 1 saturated heterocycles. The van der Waals surface area contributed by atoms with Gasteiger partial charge in [-0.2, -0.15) is 5.26 Å². The normalized spacial score (nSPS) is 18.6. The average molecular weight is 244 g/mol. The zero-order valence-corrected chi connectivity index (χ0v) is 9.92. The fraction of sp³-hybridized carbons (Fsp3) is 0.308. The van der Waals surface area contributed by atoms with Crippen molar-refractivity contribution in [1.29, 1.82) is 5.26 Å². The number of rotatable bonds is 1. The van der Waals surface area contributed by atoms with Crippen molar-refractivity contribution in [2.45, 2.75) is 12.5 Å². The number of likely N-dealkylation sites (tertiary alicyclic amines) is 1. The number of carbonyl (C=O) groups excluding carboxylic acids is 2. The summed E-state index contributed by atoms with van der Waals surface area (Å²) in [6.07, 6.45) is -0.171. The van der Waals surface area contributed by atoms with Crippen LogP contribution in [0.5, 0.6) is 0 Å². The van der Waals surface area contributed by atoms with E-state index in [0.29, 0.717) is 24.1 Å². The summed E-state index contributed by atoms with van der Waals surface area (Å²) < 4.78 is 4.66. The number of Topliss-reactive ketones (excluding diaryl/α,β-unsaturated/α-hetero) is 1. The third kappa shape index (κ3) is 2.05. The van der Waals surface area contributed by atoms with Crippen molar-refractivity contribution in [2.75, 3.05) is 13.7 Å². The minimum absolute atomic E-state index is 0.00916. The Balaban J connectivity index is 2.31. The van der Waals surface area contributed by atoms with E-state index < -0.39 is 12.1 Å². The molecule has 1 aliphatic heterocycles. The van der Waals surface area contributed by atoms with Gasteiger partial charge in [0.15, 0.2) is 5.78 Å². The number of hydrogen-bond donors (Lipinski definition) is 0. The molecule has 2 rings (SSSR count). The van der Waals surface area contributed by atoms with Crippen LogP contribution in [0.3, 0.4) is 0 Å². The van der Waals surface area contributed by atoms with E-state index in [2.05, 4.69) is 4.74 Å². The van der Waals surface area contributed by atoms with Gasteiger partial charge < -0.3 is 4.74 Å². The summed E-state index contributed by atoms with van der Waals surface area (Å²) in [6, 6.07) is 8.08. The largest absolute Gasteiger partial charge is 0.453 e. The van der Waals surface area contributed by atoms with Gasteiger partial charge in [-0.25, -0.2) is 4.79 Å². The molecule has 1 unspecified atom stereocenters. The van der Waals surface area contributed by atoms with E-state index in [1.165, 1.54) is 12.0 Å². The lowest BCUT2D eigenvalue weighted by Crippen LogP contribution is -2.32. The molecule has 5 nitrogen and oxygen atoms in total. The lowest BCUT2D eigenvalue weighted by atomic mass is 10.0. The van der Waals surface area contributed by atoms with Gasteiger partial charge in [-0.05, 0) is 17.7 Å². The number of nitrogens with zero attached hydrogens (tertiary/aromatic N) is 2. The van der Waals surface area contributed by atoms with Crippen molar-refractivity contribution >= 4 is 11.9 Å². The average Bonchev–Trinajstić information content (AvgIpc) is 2.80. The SMILES string of the molecule is COC(=O)N1CCC(=O)C1c1ccc(C#N)cc1. The molecule has 1 aromatic carbocycles. The topological polar surface area (TPSA) is 70.4 Å². The summed E-state index contributed by atoms with van der Waals surface area (Å²) in [4.78, 5) is 24.8. The monoisotopic (exact) mass is 244 g/mol. The number of nitriles is 1. The second-order valence-electron chi connectivity index (χ2n) is 4.02. The van der Waals surface area contributed by atoms with Crippen LogP contribution < -0.4 is 0 Å². The molecule has 0 N–H and O–H groups in total. The molecule has 1 aromatic rings. The van der Waals surface area contributed by atoms with Crippen molar-refractivity contribution in [3.63, 3.8) is 0 Å². The molecule has 1 amide bonds. The predicted molar refractivity (Wildman–Crippen MR) is 62.6 cm³/mol. The molecule has 92 valence electrons. The van der Waals surface area contributed by atoms with Gasteiger partial charge in [0.25, 0.3) is 0 Å². The molecule has 1 aliphatic rings. The zero-order chi connectivity index (χ0) is 13.1. The van der Waals surface area contributed by atoms with Gasteiger partial charge in [0.05, 0.1) is 18.7 Å². The highest BCUT2D eigenvalue weighted by molar-refractivity contribution is 5.91. The Kier molecular flexibility index (Phi) is 3.28. The van der Waals surface area contributed by atoms with Crippen LogP contribution in [0.25, 0.3) is 0 Å². The Morgan fingerprint density at radius 3 is 2.67 bits per heavy atom. The van der Waals surface area contributed by atoms with Crippen molar-refractivity contribution in [1.82, 2.24) is 4.90 Å². The number of ether oxygens (including phenoxy) is 1. The van der Waals surface area contributed by atoms with Crippen LogP contribution in [0.4, 0.5) is 4.79 Å². The maximum absolute atomic E-state index is 11.8. The van der Waals surface area contributed by atoms with E-state index >= 15 is 0 Å². The van der Waals surface area contributed by atoms with E-state index in [9.17, 15) is 9.59 Å². The molecular weight excluding hydrogens is 232 g/mol. The Labute approximate surface area is 105 Å². The number of hydrogen-bond acceptors (Lipinski definition) is 4. The number of benzene rings is 1. The molecule has 1 atom stereocenters. The van der Waals surface area contributed by atoms with E-state index in [0.717, 1.165) is 0 Å². The van der Waals surface area contributed by atoms with Crippen LogP contribution in [0, 0.1) is 11.3 Å². The first kappa shape index (κ1) is 12.1. The highest BCUT2D eigenvalue weighted by Gasteiger charge is 2.37. The maximum Gasteiger partial charge on any atom is 0.410 e. The molecule has 1 heterocycles. The number of ketones is 1. The second kappa shape index (κ2) is 4.88. The molecule has 1 fully saturated rings. The Hall–Kier alpha value is -2.35. The molecule has 0 radical (unpaired) electrons. The van der Waals surface area contributed by atoms with Gasteiger partial charge in [-0.15, -0.1) is 0 Å². The highest BCUT2D eigenvalue weighted by atomic mass is 16.5. The van der Waals surface area contributed by atoms with Crippen LogP contribution in [-0.2, 0) is 9.53 Å². The van der Waals surface area contributed by atoms with Crippen molar-refractivity contribution in [3.8, 4) is 6.07 Å². The molecular formula is C13H12N2O3. The Morgan fingerprint density at radius 1 is 1.44 bits per heavy atom. The number of carbonyl (C=O) groups is 2. The summed E-state index contributed by atoms with van der Waals surface area (Å²) >= 11 is 0. The van der Waals surface area contributed by atoms with Crippen molar-refractivity contribution in [2.24, 2.45) is 0 Å². The van der Waals surface area contributed by atoms with Crippen molar-refractivity contribution < 1.29 is 14.3 Å². The molecule has 0 saturated carbocycles. The van der Waals surface area contributed by atoms with Crippen LogP contribution in [-0.4, -0.2) is 30.4 Å². The van der Waals surface area contributed by atoms with Crippen LogP contribution >= 0.6 is 0 Å². The lowest BCUT2D eigenvalue weighted by Gasteiger charge is -2.22. The lowest BCUT2D eigenvalue weighted by molar-refractivity contribution is -0.119. The predicted octanol–water partition coefficient (Wildman–Crippen LogP) is 1.64. The first-order valence-corrected chi connectivity index (χ1v) is 5.54. The Morgan fingerprint density at radius 2 is 2.11 bits per heavy atom. The van der Waals surface area contributed by atoms with Gasteiger partial charge in [0, 0.05) is 13.0 Å². The standard InChI is InChI=1S/C13H12N2O3/c1-18-13(17)15-7-6-11(16)12(15)10-4-2-9(8-14)3-5-10/h2-5,12H,6-7H2,1H3. The third-order valence-electron chi connectivity index (χ3n) is 2.98. The van der Waals surface area contributed by atoms with E-state index in [1.54, 1.807) is 24.3 Å². The van der Waals surface area contributed by atoms with Crippen molar-refractivity contribution in [3.05, 3.63) is 35.4 Å². The van der Waals surface area contributed by atoms with Crippen LogP contribution in [0.2, 0.25) is 0 Å². The molecule has 18 heavy (non-hydrogen) atoms. The zero-order valence-electron chi connectivity index (χ0n) is 9.92. The maximum atomic E-state index is 11.8. The second-order valence-corrected chi connectivity index (χ2v) is 4.02. The summed E-state index contributed by atoms with van der Waals surface area (Å²) in [5.74, 6) is -0.00916. The van der Waals surface area contributed by atoms with Gasteiger partial charge in [0.2, 0.25) is 0 Å². The van der Waals surface area contributed by atoms with E-state index in [1.807, 2.05) is 6.07 Å². The molecule has 5 heteroatoms. The van der Waals surface area contributed by atoms with Gasteiger partial charge in [-0.3, -0.25) is 9.69 Å². The summed E-state index contributed by atoms with van der Waals surface area (Å²) in [5, 5.41) is 8.72. The smallest absolute Gasteiger partial charge is 0.410 e. The number of methoxy groups -OCH3 is 1. The van der Waals surface area contributed by atoms with E-state index in [-0.39, 0.29) is 5.78 Å². The summed E-state index contributed by atoms with van der Waals surface area (Å²) in [7, 11) is 1.29. The third-order valence-corrected chi connectivity index (χ3v) is 2.98. The van der Waals surface area contributed by atoms with Gasteiger partial charge in [-0.1, -0.05) is 12.1 Å². The highest BCUT2D eigenvalue weighted by Crippen LogP contribution is 2.29. The Bertz CT molecular complexity index is 516. The first-order chi connectivity index (χ1) is 8.67. The summed E-state index contributed by atoms with van der Waals surface area (Å²) in [6.45, 7) is 0.371. The molecule has 0 aromatic heterocycles. The minimum Gasteiger partial charge on any atom is -0.453 e. The summed E-state index contributed by atoms with van der Waals surface area (Å²) in [5.41, 5.74) is 1.23. The minimum atomic E-state index is -0.592. The molecule has 0 aliphatic carbocycles. The fourth-order valence-electron chi connectivity index (χ4n) is 2.09. The fourth-order valence-corrected chi connectivity index (χ4v) is 2.09. The number of amides is 1.